The van der Waals surface area contributed by atoms with Gasteiger partial charge >= 0.3 is 0 Å². The van der Waals surface area contributed by atoms with Crippen LogP contribution in [0, 0.1) is 5.92 Å². The maximum atomic E-state index is 13.0. The van der Waals surface area contributed by atoms with E-state index in [-0.39, 0.29) is 0 Å². The highest BCUT2D eigenvalue weighted by molar-refractivity contribution is 5.81. The van der Waals surface area contributed by atoms with Crippen molar-refractivity contribution >= 4 is 11.6 Å². The lowest BCUT2D eigenvalue weighted by Crippen LogP contribution is -2.51. The van der Waals surface area contributed by atoms with Crippen molar-refractivity contribution in [3.8, 4) is 5.75 Å². The van der Waals surface area contributed by atoms with E-state index < -0.39 is 0 Å². The number of carbonyl (C=O) groups is 1. The Morgan fingerprint density at radius 1 is 1.07 bits per heavy atom. The Bertz CT molecular complexity index is 633. The van der Waals surface area contributed by atoms with Crippen LogP contribution in [-0.2, 0) is 9.53 Å². The minimum atomic E-state index is 0.296. The van der Waals surface area contributed by atoms with E-state index in [0.717, 1.165) is 83.9 Å². The molecule has 28 heavy (non-hydrogen) atoms. The minimum absolute atomic E-state index is 0.296. The van der Waals surface area contributed by atoms with Gasteiger partial charge in [-0.1, -0.05) is 0 Å². The number of rotatable bonds is 7. The molecule has 0 atom stereocenters. The molecule has 6 heteroatoms. The molecule has 1 aliphatic carbocycles. The highest BCUT2D eigenvalue weighted by Gasteiger charge is 2.37. The molecule has 1 aromatic rings. The first-order chi connectivity index (χ1) is 13.7. The second kappa shape index (κ2) is 9.14. The molecule has 0 N–H and O–H groups in total. The Labute approximate surface area is 168 Å². The van der Waals surface area contributed by atoms with Crippen LogP contribution in [0.1, 0.15) is 25.7 Å². The van der Waals surface area contributed by atoms with Crippen molar-refractivity contribution in [3.63, 3.8) is 0 Å². The first-order valence-corrected chi connectivity index (χ1v) is 10.7. The van der Waals surface area contributed by atoms with E-state index in [9.17, 15) is 4.79 Å². The van der Waals surface area contributed by atoms with Crippen molar-refractivity contribution in [2.24, 2.45) is 5.92 Å². The fourth-order valence-electron chi connectivity index (χ4n) is 4.34. The summed E-state index contributed by atoms with van der Waals surface area (Å²) in [5, 5.41) is 0. The van der Waals surface area contributed by atoms with Crippen LogP contribution in [0.3, 0.4) is 0 Å². The number of morpholine rings is 1. The van der Waals surface area contributed by atoms with Crippen molar-refractivity contribution in [1.82, 2.24) is 9.80 Å². The maximum Gasteiger partial charge on any atom is 0.225 e. The molecule has 0 aromatic heterocycles. The Balaban J connectivity index is 1.33. The van der Waals surface area contributed by atoms with Gasteiger partial charge in [-0.15, -0.1) is 0 Å². The van der Waals surface area contributed by atoms with Gasteiger partial charge in [0.05, 0.1) is 20.3 Å². The number of ether oxygens (including phenoxy) is 2. The molecule has 1 aromatic carbocycles. The Morgan fingerprint density at radius 3 is 2.36 bits per heavy atom. The molecule has 3 aliphatic rings. The molecular weight excluding hydrogens is 354 g/mol. The zero-order valence-electron chi connectivity index (χ0n) is 17.0. The predicted molar refractivity (Wildman–Crippen MR) is 110 cm³/mol. The quantitative estimate of drug-likeness (QED) is 0.718. The summed E-state index contributed by atoms with van der Waals surface area (Å²) in [6, 6.07) is 8.68. The van der Waals surface area contributed by atoms with Crippen molar-refractivity contribution < 1.29 is 14.3 Å². The molecule has 1 amide bonds. The largest absolute Gasteiger partial charge is 0.497 e. The van der Waals surface area contributed by atoms with Gasteiger partial charge in [-0.2, -0.15) is 0 Å². The van der Waals surface area contributed by atoms with Gasteiger partial charge in [0.1, 0.15) is 5.75 Å². The summed E-state index contributed by atoms with van der Waals surface area (Å²) in [6.07, 6.45) is 4.26. The van der Waals surface area contributed by atoms with E-state index in [1.54, 1.807) is 7.11 Å². The number of piperidine rings is 1. The molecule has 6 nitrogen and oxygen atoms in total. The highest BCUT2D eigenvalue weighted by Crippen LogP contribution is 2.33. The number of nitrogens with zero attached hydrogens (tertiary/aromatic N) is 3. The van der Waals surface area contributed by atoms with Crippen LogP contribution >= 0.6 is 0 Å². The van der Waals surface area contributed by atoms with Crippen LogP contribution in [-0.4, -0.2) is 81.3 Å². The second-order valence-electron chi connectivity index (χ2n) is 8.18. The molecule has 0 bridgehead atoms. The van der Waals surface area contributed by atoms with Gasteiger partial charge in [0, 0.05) is 56.9 Å². The third kappa shape index (κ3) is 4.78. The zero-order chi connectivity index (χ0) is 19.3. The van der Waals surface area contributed by atoms with Gasteiger partial charge in [0.15, 0.2) is 0 Å². The SMILES string of the molecule is COc1ccc(N2CCC(N(CCN3CCOCC3)C(=O)C3CC3)CC2)cc1. The lowest BCUT2D eigenvalue weighted by atomic mass is 10.0. The van der Waals surface area contributed by atoms with Crippen molar-refractivity contribution in [2.45, 2.75) is 31.7 Å². The predicted octanol–water partition coefficient (Wildman–Crippen LogP) is 2.23. The number of benzene rings is 1. The number of amides is 1. The summed E-state index contributed by atoms with van der Waals surface area (Å²) in [5.74, 6) is 1.59. The molecule has 0 unspecified atom stereocenters. The van der Waals surface area contributed by atoms with E-state index in [2.05, 4.69) is 26.8 Å². The smallest absolute Gasteiger partial charge is 0.225 e. The number of hydrogen-bond donors (Lipinski definition) is 0. The number of hydrogen-bond acceptors (Lipinski definition) is 5. The fraction of sp³-hybridized carbons (Fsp3) is 0.682. The van der Waals surface area contributed by atoms with Gasteiger partial charge in [-0.25, -0.2) is 0 Å². The van der Waals surface area contributed by atoms with Gasteiger partial charge in [0.2, 0.25) is 5.91 Å². The van der Waals surface area contributed by atoms with E-state index >= 15 is 0 Å². The van der Waals surface area contributed by atoms with E-state index in [4.69, 9.17) is 9.47 Å². The average molecular weight is 388 g/mol. The topological polar surface area (TPSA) is 45.2 Å². The normalized spacial score (nSPS) is 21.5. The van der Waals surface area contributed by atoms with Crippen molar-refractivity contribution in [2.75, 3.05) is 64.5 Å². The lowest BCUT2D eigenvalue weighted by Gasteiger charge is -2.40. The number of carbonyl (C=O) groups excluding carboxylic acids is 1. The Hall–Kier alpha value is -1.79. The summed E-state index contributed by atoms with van der Waals surface area (Å²) in [4.78, 5) is 20.0. The van der Waals surface area contributed by atoms with Gasteiger partial charge in [-0.3, -0.25) is 9.69 Å². The van der Waals surface area contributed by atoms with Crippen molar-refractivity contribution in [1.29, 1.82) is 0 Å². The second-order valence-corrected chi connectivity index (χ2v) is 8.18. The third-order valence-corrected chi connectivity index (χ3v) is 6.31. The van der Waals surface area contributed by atoms with E-state index in [1.807, 2.05) is 12.1 Å². The molecule has 0 radical (unpaired) electrons. The lowest BCUT2D eigenvalue weighted by molar-refractivity contribution is -0.135. The molecule has 3 fully saturated rings. The summed E-state index contributed by atoms with van der Waals surface area (Å²) in [5.41, 5.74) is 1.24. The van der Waals surface area contributed by atoms with Crippen LogP contribution in [0.15, 0.2) is 24.3 Å². The van der Waals surface area contributed by atoms with Crippen LogP contribution in [0.4, 0.5) is 5.69 Å². The summed E-state index contributed by atoms with van der Waals surface area (Å²) in [6.45, 7) is 7.45. The monoisotopic (exact) mass is 387 g/mol. The number of anilines is 1. The zero-order valence-corrected chi connectivity index (χ0v) is 17.0. The van der Waals surface area contributed by atoms with Gasteiger partial charge in [0.25, 0.3) is 0 Å². The summed E-state index contributed by atoms with van der Waals surface area (Å²) >= 11 is 0. The molecule has 0 spiro atoms. The highest BCUT2D eigenvalue weighted by atomic mass is 16.5. The summed E-state index contributed by atoms with van der Waals surface area (Å²) in [7, 11) is 1.70. The molecular formula is C22H33N3O3. The Kier molecular flexibility index (Phi) is 6.37. The standard InChI is InChI=1S/C22H33N3O3/c1-27-21-6-4-19(5-7-21)24-10-8-20(9-11-24)25(22(26)18-2-3-18)13-12-23-14-16-28-17-15-23/h4-7,18,20H,2-3,8-17H2,1H3. The summed E-state index contributed by atoms with van der Waals surface area (Å²) < 4.78 is 10.7. The van der Waals surface area contributed by atoms with E-state index in [1.165, 1.54) is 5.69 Å². The molecule has 2 heterocycles. The molecule has 4 rings (SSSR count). The van der Waals surface area contributed by atoms with Crippen LogP contribution in [0.5, 0.6) is 5.75 Å². The first-order valence-electron chi connectivity index (χ1n) is 10.7. The fourth-order valence-corrected chi connectivity index (χ4v) is 4.34. The van der Waals surface area contributed by atoms with Gasteiger partial charge in [-0.05, 0) is 49.9 Å². The number of methoxy groups -OCH3 is 1. The van der Waals surface area contributed by atoms with Crippen LogP contribution in [0.2, 0.25) is 0 Å². The van der Waals surface area contributed by atoms with Crippen molar-refractivity contribution in [3.05, 3.63) is 24.3 Å². The molecule has 154 valence electrons. The minimum Gasteiger partial charge on any atom is -0.497 e. The molecule has 2 aliphatic heterocycles. The maximum absolute atomic E-state index is 13.0. The van der Waals surface area contributed by atoms with Crippen LogP contribution < -0.4 is 9.64 Å². The van der Waals surface area contributed by atoms with E-state index in [0.29, 0.717) is 17.9 Å². The Morgan fingerprint density at radius 2 is 1.75 bits per heavy atom. The van der Waals surface area contributed by atoms with Crippen LogP contribution in [0.25, 0.3) is 0 Å². The third-order valence-electron chi connectivity index (χ3n) is 6.31. The molecule has 1 saturated carbocycles. The first kappa shape index (κ1) is 19.5. The van der Waals surface area contributed by atoms with Gasteiger partial charge < -0.3 is 19.3 Å². The average Bonchev–Trinajstić information content (AvgIpc) is 3.60. The molecule has 2 saturated heterocycles.